The van der Waals surface area contributed by atoms with E-state index in [4.69, 9.17) is 0 Å². The number of hydrogen-bond acceptors (Lipinski definition) is 5. The van der Waals surface area contributed by atoms with Gasteiger partial charge in [-0.15, -0.1) is 11.3 Å². The van der Waals surface area contributed by atoms with E-state index < -0.39 is 0 Å². The summed E-state index contributed by atoms with van der Waals surface area (Å²) in [5.41, 5.74) is 0. The van der Waals surface area contributed by atoms with Gasteiger partial charge < -0.3 is 9.47 Å². The van der Waals surface area contributed by atoms with Gasteiger partial charge in [0.1, 0.15) is 17.0 Å². The zero-order chi connectivity index (χ0) is 12.7. The summed E-state index contributed by atoms with van der Waals surface area (Å²) in [5.74, 6) is 1.76. The van der Waals surface area contributed by atoms with Gasteiger partial charge in [0.05, 0.1) is 11.7 Å². The predicted molar refractivity (Wildman–Crippen MR) is 75.3 cm³/mol. The fraction of sp³-hybridized carbons (Fsp3) is 0.308. The molecular weight excluding hydrogens is 258 g/mol. The second-order valence-corrected chi connectivity index (χ2v) is 5.76. The van der Waals surface area contributed by atoms with E-state index in [0.717, 1.165) is 30.3 Å². The first kappa shape index (κ1) is 10.9. The molecule has 1 aliphatic heterocycles. The Morgan fingerprint density at radius 3 is 3.11 bits per heavy atom. The molecule has 19 heavy (non-hydrogen) atoms. The molecule has 4 rings (SSSR count). The maximum absolute atomic E-state index is 4.43. The van der Waals surface area contributed by atoms with Crippen molar-refractivity contribution in [2.45, 2.75) is 6.54 Å². The molecule has 1 saturated heterocycles. The lowest BCUT2D eigenvalue weighted by molar-refractivity contribution is 0.356. The third-order valence-corrected chi connectivity index (χ3v) is 4.35. The number of thiophene rings is 1. The van der Waals surface area contributed by atoms with E-state index in [1.54, 1.807) is 17.7 Å². The molecule has 0 N–H and O–H groups in total. The minimum Gasteiger partial charge on any atom is -0.355 e. The van der Waals surface area contributed by atoms with Crippen molar-refractivity contribution in [1.29, 1.82) is 0 Å². The van der Waals surface area contributed by atoms with Crippen LogP contribution < -0.4 is 4.90 Å². The van der Waals surface area contributed by atoms with Crippen LogP contribution in [-0.4, -0.2) is 32.6 Å². The summed E-state index contributed by atoms with van der Waals surface area (Å²) >= 11 is 1.67. The maximum atomic E-state index is 4.43. The van der Waals surface area contributed by atoms with E-state index in [2.05, 4.69) is 35.9 Å². The Labute approximate surface area is 114 Å². The molecule has 1 aliphatic rings. The van der Waals surface area contributed by atoms with E-state index in [9.17, 15) is 0 Å². The van der Waals surface area contributed by atoms with Crippen molar-refractivity contribution < 1.29 is 0 Å². The summed E-state index contributed by atoms with van der Waals surface area (Å²) in [6.45, 7) is 3.15. The van der Waals surface area contributed by atoms with Gasteiger partial charge in [-0.05, 0) is 11.4 Å². The highest BCUT2D eigenvalue weighted by atomic mass is 32.1. The summed E-state index contributed by atoms with van der Waals surface area (Å²) in [6, 6.07) is 2.11. The van der Waals surface area contributed by atoms with E-state index >= 15 is 0 Å². The molecule has 0 aliphatic carbocycles. The molecule has 0 aromatic carbocycles. The Morgan fingerprint density at radius 1 is 1.32 bits per heavy atom. The van der Waals surface area contributed by atoms with Crippen molar-refractivity contribution in [2.75, 3.05) is 18.0 Å². The van der Waals surface area contributed by atoms with Gasteiger partial charge in [0.15, 0.2) is 0 Å². The standard InChI is InChI=1S/C13H13N5S/c1-4-19-13-11(1)12(15-8-16-13)18-6-10(7-18)5-17-3-2-14-9-17/h1-4,8-10H,5-7H2. The SMILES string of the molecule is c1cn(CC2CN(c3ncnc4sccc34)C2)cn1. The van der Waals surface area contributed by atoms with Crippen molar-refractivity contribution >= 4 is 27.4 Å². The van der Waals surface area contributed by atoms with Crippen LogP contribution >= 0.6 is 11.3 Å². The van der Waals surface area contributed by atoms with Crippen molar-refractivity contribution in [3.05, 3.63) is 36.5 Å². The van der Waals surface area contributed by atoms with Crippen LogP contribution in [0.3, 0.4) is 0 Å². The zero-order valence-electron chi connectivity index (χ0n) is 10.3. The molecular formula is C13H13N5S. The van der Waals surface area contributed by atoms with Crippen LogP contribution in [0.25, 0.3) is 10.2 Å². The summed E-state index contributed by atoms with van der Waals surface area (Å²) in [7, 11) is 0. The Kier molecular flexibility index (Phi) is 2.48. The smallest absolute Gasteiger partial charge is 0.140 e. The van der Waals surface area contributed by atoms with Crippen molar-refractivity contribution in [3.63, 3.8) is 0 Å². The summed E-state index contributed by atoms with van der Waals surface area (Å²) in [4.78, 5) is 16.2. The minimum absolute atomic E-state index is 0.679. The van der Waals surface area contributed by atoms with Crippen LogP contribution in [0.5, 0.6) is 0 Å². The molecule has 0 atom stereocenters. The molecule has 0 unspecified atom stereocenters. The predicted octanol–water partition coefficient (Wildman–Crippen LogP) is 2.02. The van der Waals surface area contributed by atoms with E-state index in [-0.39, 0.29) is 0 Å². The Balaban J connectivity index is 1.49. The topological polar surface area (TPSA) is 46.8 Å². The number of anilines is 1. The molecule has 0 spiro atoms. The monoisotopic (exact) mass is 271 g/mol. The lowest BCUT2D eigenvalue weighted by Gasteiger charge is -2.40. The molecule has 3 aromatic rings. The lowest BCUT2D eigenvalue weighted by atomic mass is 10.00. The third kappa shape index (κ3) is 1.88. The van der Waals surface area contributed by atoms with Crippen molar-refractivity contribution in [3.8, 4) is 0 Å². The number of aromatic nitrogens is 4. The molecule has 3 aromatic heterocycles. The maximum Gasteiger partial charge on any atom is 0.140 e. The highest BCUT2D eigenvalue weighted by molar-refractivity contribution is 7.16. The van der Waals surface area contributed by atoms with Gasteiger partial charge in [-0.2, -0.15) is 0 Å². The first-order valence-electron chi connectivity index (χ1n) is 6.29. The first-order valence-corrected chi connectivity index (χ1v) is 7.17. The lowest BCUT2D eigenvalue weighted by Crippen LogP contribution is -2.48. The Hall–Kier alpha value is -1.95. The highest BCUT2D eigenvalue weighted by Gasteiger charge is 2.29. The van der Waals surface area contributed by atoms with E-state index in [1.807, 2.05) is 18.7 Å². The van der Waals surface area contributed by atoms with E-state index in [1.165, 1.54) is 5.39 Å². The average molecular weight is 271 g/mol. The van der Waals surface area contributed by atoms with Crippen LogP contribution in [0, 0.1) is 5.92 Å². The summed E-state index contributed by atoms with van der Waals surface area (Å²) in [5, 5.41) is 3.25. The number of hydrogen-bond donors (Lipinski definition) is 0. The fourth-order valence-corrected chi connectivity index (χ4v) is 3.31. The summed E-state index contributed by atoms with van der Waals surface area (Å²) < 4.78 is 2.14. The first-order chi connectivity index (χ1) is 9.40. The molecule has 0 bridgehead atoms. The van der Waals surface area contributed by atoms with Gasteiger partial charge in [-0.25, -0.2) is 15.0 Å². The molecule has 6 heteroatoms. The fourth-order valence-electron chi connectivity index (χ4n) is 2.58. The zero-order valence-corrected chi connectivity index (χ0v) is 11.1. The molecule has 0 amide bonds. The van der Waals surface area contributed by atoms with Gasteiger partial charge in [0.2, 0.25) is 0 Å². The van der Waals surface area contributed by atoms with Crippen molar-refractivity contribution in [2.24, 2.45) is 5.92 Å². The highest BCUT2D eigenvalue weighted by Crippen LogP contribution is 2.31. The van der Waals surface area contributed by atoms with Gasteiger partial charge in [-0.1, -0.05) is 0 Å². The second kappa shape index (κ2) is 4.31. The minimum atomic E-state index is 0.679. The number of imidazole rings is 1. The largest absolute Gasteiger partial charge is 0.355 e. The van der Waals surface area contributed by atoms with Gasteiger partial charge in [0.25, 0.3) is 0 Å². The number of rotatable bonds is 3. The molecule has 0 saturated carbocycles. The van der Waals surface area contributed by atoms with Crippen LogP contribution in [0.4, 0.5) is 5.82 Å². The van der Waals surface area contributed by atoms with Gasteiger partial charge in [-0.3, -0.25) is 0 Å². The number of fused-ring (bicyclic) bond motifs is 1. The van der Waals surface area contributed by atoms with Crippen LogP contribution in [-0.2, 0) is 6.54 Å². The molecule has 5 nitrogen and oxygen atoms in total. The Bertz CT molecular complexity index is 684. The molecule has 4 heterocycles. The number of nitrogens with zero attached hydrogens (tertiary/aromatic N) is 5. The van der Waals surface area contributed by atoms with Crippen LogP contribution in [0.1, 0.15) is 0 Å². The quantitative estimate of drug-likeness (QED) is 0.731. The average Bonchev–Trinajstić information content (AvgIpc) is 3.03. The Morgan fingerprint density at radius 2 is 2.26 bits per heavy atom. The molecule has 1 fully saturated rings. The van der Waals surface area contributed by atoms with Gasteiger partial charge >= 0.3 is 0 Å². The van der Waals surface area contributed by atoms with Crippen LogP contribution in [0.15, 0.2) is 36.5 Å². The van der Waals surface area contributed by atoms with Crippen molar-refractivity contribution in [1.82, 2.24) is 19.5 Å². The van der Waals surface area contributed by atoms with Gasteiger partial charge in [0, 0.05) is 37.9 Å². The molecule has 96 valence electrons. The van der Waals surface area contributed by atoms with E-state index in [0.29, 0.717) is 5.92 Å². The molecule has 0 radical (unpaired) electrons. The normalized spacial score (nSPS) is 15.9. The second-order valence-electron chi connectivity index (χ2n) is 4.87. The van der Waals surface area contributed by atoms with Crippen LogP contribution in [0.2, 0.25) is 0 Å². The third-order valence-electron chi connectivity index (χ3n) is 3.53. The summed E-state index contributed by atoms with van der Waals surface area (Å²) in [6.07, 6.45) is 7.39.